The summed E-state index contributed by atoms with van der Waals surface area (Å²) in [6, 6.07) is 22.2. The van der Waals surface area contributed by atoms with E-state index >= 15 is 0 Å². The molecule has 4 rings (SSSR count). The van der Waals surface area contributed by atoms with Gasteiger partial charge < -0.3 is 9.80 Å². The van der Waals surface area contributed by atoms with E-state index in [-0.39, 0.29) is 0 Å². The van der Waals surface area contributed by atoms with Crippen LogP contribution in [0.1, 0.15) is 0 Å². The number of anilines is 2. The molecule has 4 aromatic rings. The molecule has 0 saturated carbocycles. The van der Waals surface area contributed by atoms with Crippen LogP contribution in [0.25, 0.3) is 34.0 Å². The van der Waals surface area contributed by atoms with Gasteiger partial charge in [-0.25, -0.2) is 4.98 Å². The first kappa shape index (κ1) is 19.5. The van der Waals surface area contributed by atoms with Gasteiger partial charge in [0.05, 0.1) is 0 Å². The normalized spacial score (nSPS) is 10.7. The minimum atomic E-state index is 0.510. The number of benzene rings is 2. The molecule has 150 valence electrons. The molecule has 0 bridgehead atoms. The Morgan fingerprint density at radius 1 is 0.600 bits per heavy atom. The minimum absolute atomic E-state index is 0.510. The molecule has 0 saturated heterocycles. The molecule has 0 atom stereocenters. The third-order valence-electron chi connectivity index (χ3n) is 4.90. The number of rotatable bonds is 5. The van der Waals surface area contributed by atoms with Gasteiger partial charge >= 0.3 is 0 Å². The van der Waals surface area contributed by atoms with Crippen LogP contribution in [-0.4, -0.2) is 48.4 Å². The molecule has 6 heteroatoms. The van der Waals surface area contributed by atoms with Crippen molar-refractivity contribution in [3.8, 4) is 34.0 Å². The summed E-state index contributed by atoms with van der Waals surface area (Å²) in [6.07, 6.45) is 1.73. The highest BCUT2D eigenvalue weighted by atomic mass is 15.2. The molecule has 0 spiro atoms. The Bertz CT molecular complexity index is 1120. The van der Waals surface area contributed by atoms with Gasteiger partial charge in [0.1, 0.15) is 17.1 Å². The molecule has 2 heterocycles. The van der Waals surface area contributed by atoms with E-state index in [4.69, 9.17) is 4.98 Å². The van der Waals surface area contributed by atoms with E-state index in [1.165, 1.54) is 0 Å². The SMILES string of the molecule is CN(C)c1ccc(-c2nnc(-c3ccccn3)nc2-c2ccc(N(C)C)cc2)cc1. The fraction of sp³-hybridized carbons (Fsp3) is 0.167. The van der Waals surface area contributed by atoms with Crippen molar-refractivity contribution in [2.24, 2.45) is 0 Å². The highest BCUT2D eigenvalue weighted by Gasteiger charge is 2.15. The first-order valence-corrected chi connectivity index (χ1v) is 9.74. The Morgan fingerprint density at radius 3 is 1.67 bits per heavy atom. The maximum Gasteiger partial charge on any atom is 0.201 e. The third kappa shape index (κ3) is 3.98. The summed E-state index contributed by atoms with van der Waals surface area (Å²) in [7, 11) is 8.10. The van der Waals surface area contributed by atoms with Crippen LogP contribution >= 0.6 is 0 Å². The van der Waals surface area contributed by atoms with E-state index in [0.29, 0.717) is 11.5 Å². The topological polar surface area (TPSA) is 58.0 Å². The van der Waals surface area contributed by atoms with E-state index < -0.39 is 0 Å². The molecule has 6 nitrogen and oxygen atoms in total. The molecule has 0 aliphatic heterocycles. The van der Waals surface area contributed by atoms with Crippen LogP contribution in [0.5, 0.6) is 0 Å². The summed E-state index contributed by atoms with van der Waals surface area (Å²) < 4.78 is 0. The zero-order chi connectivity index (χ0) is 21.1. The molecule has 30 heavy (non-hydrogen) atoms. The highest BCUT2D eigenvalue weighted by Crippen LogP contribution is 2.31. The number of nitrogens with zero attached hydrogens (tertiary/aromatic N) is 6. The Balaban J connectivity index is 1.84. The molecular formula is C24H24N6. The lowest BCUT2D eigenvalue weighted by Gasteiger charge is -2.15. The lowest BCUT2D eigenvalue weighted by atomic mass is 10.0. The lowest BCUT2D eigenvalue weighted by molar-refractivity contribution is 0.981. The van der Waals surface area contributed by atoms with Crippen LogP contribution < -0.4 is 9.80 Å². The van der Waals surface area contributed by atoms with Crippen molar-refractivity contribution in [1.29, 1.82) is 0 Å². The van der Waals surface area contributed by atoms with Gasteiger partial charge in [0, 0.05) is 56.9 Å². The van der Waals surface area contributed by atoms with Gasteiger partial charge in [-0.3, -0.25) is 4.98 Å². The standard InChI is InChI=1S/C24H24N6/c1-29(2)19-12-8-17(9-13-19)22-23(18-10-14-20(15-11-18)30(3)4)27-28-24(26-22)21-7-5-6-16-25-21/h5-16H,1-4H3. The van der Waals surface area contributed by atoms with E-state index in [9.17, 15) is 0 Å². The number of pyridine rings is 1. The monoisotopic (exact) mass is 396 g/mol. The molecule has 0 amide bonds. The van der Waals surface area contributed by atoms with Crippen molar-refractivity contribution in [2.75, 3.05) is 38.0 Å². The van der Waals surface area contributed by atoms with Crippen molar-refractivity contribution in [3.63, 3.8) is 0 Å². The van der Waals surface area contributed by atoms with Gasteiger partial charge in [-0.1, -0.05) is 30.3 Å². The molecular weight excluding hydrogens is 372 g/mol. The summed E-state index contributed by atoms with van der Waals surface area (Å²) in [5.74, 6) is 0.510. The molecule has 0 fully saturated rings. The second-order valence-corrected chi connectivity index (χ2v) is 7.43. The van der Waals surface area contributed by atoms with Crippen LogP contribution in [0.2, 0.25) is 0 Å². The summed E-state index contributed by atoms with van der Waals surface area (Å²) in [4.78, 5) is 13.4. The highest BCUT2D eigenvalue weighted by molar-refractivity contribution is 5.79. The van der Waals surface area contributed by atoms with Crippen molar-refractivity contribution < 1.29 is 0 Å². The fourth-order valence-electron chi connectivity index (χ4n) is 3.16. The molecule has 2 aromatic heterocycles. The van der Waals surface area contributed by atoms with Gasteiger partial charge in [0.2, 0.25) is 5.82 Å². The Hall–Kier alpha value is -3.80. The first-order chi connectivity index (χ1) is 14.5. The van der Waals surface area contributed by atoms with Crippen molar-refractivity contribution in [2.45, 2.75) is 0 Å². The molecule has 2 aromatic carbocycles. The van der Waals surface area contributed by atoms with Crippen LogP contribution in [0.4, 0.5) is 11.4 Å². The number of hydrogen-bond donors (Lipinski definition) is 0. The quantitative estimate of drug-likeness (QED) is 0.498. The van der Waals surface area contributed by atoms with Crippen molar-refractivity contribution in [3.05, 3.63) is 72.9 Å². The Morgan fingerprint density at radius 2 is 1.17 bits per heavy atom. The van der Waals surface area contributed by atoms with Crippen molar-refractivity contribution in [1.82, 2.24) is 20.2 Å². The van der Waals surface area contributed by atoms with Gasteiger partial charge in [-0.05, 0) is 36.4 Å². The predicted molar refractivity (Wildman–Crippen MR) is 123 cm³/mol. The zero-order valence-electron chi connectivity index (χ0n) is 17.6. The van der Waals surface area contributed by atoms with E-state index in [1.54, 1.807) is 6.20 Å². The molecule has 0 radical (unpaired) electrons. The molecule has 0 aliphatic rings. The van der Waals surface area contributed by atoms with Gasteiger partial charge in [-0.2, -0.15) is 0 Å². The molecule has 0 aliphatic carbocycles. The maximum atomic E-state index is 4.86. The third-order valence-corrected chi connectivity index (χ3v) is 4.90. The summed E-state index contributed by atoms with van der Waals surface area (Å²) >= 11 is 0. The Kier molecular flexibility index (Phi) is 5.39. The van der Waals surface area contributed by atoms with Gasteiger partial charge in [0.15, 0.2) is 0 Å². The summed E-state index contributed by atoms with van der Waals surface area (Å²) in [6.45, 7) is 0. The summed E-state index contributed by atoms with van der Waals surface area (Å²) in [5, 5.41) is 8.93. The number of hydrogen-bond acceptors (Lipinski definition) is 6. The first-order valence-electron chi connectivity index (χ1n) is 9.74. The maximum absolute atomic E-state index is 4.86. The second kappa shape index (κ2) is 8.29. The smallest absolute Gasteiger partial charge is 0.201 e. The van der Waals surface area contributed by atoms with E-state index in [1.807, 2.05) is 46.4 Å². The van der Waals surface area contributed by atoms with Crippen LogP contribution in [0, 0.1) is 0 Å². The van der Waals surface area contributed by atoms with E-state index in [2.05, 4.69) is 73.5 Å². The van der Waals surface area contributed by atoms with E-state index in [0.717, 1.165) is 33.9 Å². The van der Waals surface area contributed by atoms with Crippen molar-refractivity contribution >= 4 is 11.4 Å². The minimum Gasteiger partial charge on any atom is -0.378 e. The van der Waals surface area contributed by atoms with Crippen LogP contribution in [0.15, 0.2) is 72.9 Å². The van der Waals surface area contributed by atoms with Gasteiger partial charge in [-0.15, -0.1) is 10.2 Å². The largest absolute Gasteiger partial charge is 0.378 e. The summed E-state index contributed by atoms with van der Waals surface area (Å²) in [5.41, 5.74) is 6.44. The lowest BCUT2D eigenvalue weighted by Crippen LogP contribution is -2.08. The molecule has 0 unspecified atom stereocenters. The Labute approximate surface area is 176 Å². The molecule has 0 N–H and O–H groups in total. The van der Waals surface area contributed by atoms with Crippen LogP contribution in [-0.2, 0) is 0 Å². The average Bonchev–Trinajstić information content (AvgIpc) is 2.79. The van der Waals surface area contributed by atoms with Crippen LogP contribution in [0.3, 0.4) is 0 Å². The van der Waals surface area contributed by atoms with Gasteiger partial charge in [0.25, 0.3) is 0 Å². The fourth-order valence-corrected chi connectivity index (χ4v) is 3.16. The second-order valence-electron chi connectivity index (χ2n) is 7.43. The predicted octanol–water partition coefficient (Wildman–Crippen LogP) is 4.40. The zero-order valence-corrected chi connectivity index (χ0v) is 17.6. The average molecular weight is 396 g/mol. The number of aromatic nitrogens is 4.